The van der Waals surface area contributed by atoms with Crippen LogP contribution in [0.5, 0.6) is 0 Å². The molecule has 0 fully saturated rings. The zero-order valence-corrected chi connectivity index (χ0v) is 9.54. The van der Waals surface area contributed by atoms with Gasteiger partial charge in [-0.15, -0.1) is 0 Å². The van der Waals surface area contributed by atoms with Crippen LogP contribution in [-0.4, -0.2) is 29.9 Å². The maximum atomic E-state index is 11.6. The molecule has 0 aliphatic rings. The Morgan fingerprint density at radius 3 is 2.69 bits per heavy atom. The minimum absolute atomic E-state index is 0.131. The van der Waals surface area contributed by atoms with Crippen molar-refractivity contribution in [2.24, 2.45) is 0 Å². The predicted octanol–water partition coefficient (Wildman–Crippen LogP) is 0.601. The molecule has 2 amide bonds. The standard InChI is InChI=1S/C10H12ClN3O2/c1-7(15)13-4-5-14-10(16)8-6-12-3-2-9(8)11/h2-3,6H,4-5H2,1H3,(H,13,15)(H,14,16). The summed E-state index contributed by atoms with van der Waals surface area (Å²) < 4.78 is 0. The monoisotopic (exact) mass is 241 g/mol. The summed E-state index contributed by atoms with van der Waals surface area (Å²) in [4.78, 5) is 25.9. The summed E-state index contributed by atoms with van der Waals surface area (Å²) in [5.74, 6) is -0.433. The summed E-state index contributed by atoms with van der Waals surface area (Å²) in [7, 11) is 0. The van der Waals surface area contributed by atoms with E-state index in [1.165, 1.54) is 19.3 Å². The quantitative estimate of drug-likeness (QED) is 0.759. The number of halogens is 1. The van der Waals surface area contributed by atoms with Gasteiger partial charge >= 0.3 is 0 Å². The van der Waals surface area contributed by atoms with E-state index in [-0.39, 0.29) is 11.8 Å². The van der Waals surface area contributed by atoms with Gasteiger partial charge in [0, 0.05) is 32.4 Å². The Kier molecular flexibility index (Phi) is 4.72. The first-order valence-electron chi connectivity index (χ1n) is 4.73. The minimum Gasteiger partial charge on any atom is -0.355 e. The summed E-state index contributed by atoms with van der Waals surface area (Å²) in [5.41, 5.74) is 0.326. The molecule has 0 aromatic carbocycles. The van der Waals surface area contributed by atoms with Crippen LogP contribution in [-0.2, 0) is 4.79 Å². The lowest BCUT2D eigenvalue weighted by Gasteiger charge is -2.06. The van der Waals surface area contributed by atoms with Crippen LogP contribution in [0.15, 0.2) is 18.5 Å². The van der Waals surface area contributed by atoms with Crippen LogP contribution < -0.4 is 10.6 Å². The lowest BCUT2D eigenvalue weighted by atomic mass is 10.2. The van der Waals surface area contributed by atoms with Gasteiger partial charge in [0.25, 0.3) is 5.91 Å². The van der Waals surface area contributed by atoms with E-state index in [2.05, 4.69) is 15.6 Å². The summed E-state index contributed by atoms with van der Waals surface area (Å²) >= 11 is 5.81. The van der Waals surface area contributed by atoms with Gasteiger partial charge in [0.05, 0.1) is 10.6 Å². The van der Waals surface area contributed by atoms with E-state index in [4.69, 9.17) is 11.6 Å². The van der Waals surface area contributed by atoms with E-state index in [1.807, 2.05) is 0 Å². The first-order chi connectivity index (χ1) is 7.61. The number of carbonyl (C=O) groups is 2. The molecule has 0 atom stereocenters. The predicted molar refractivity (Wildman–Crippen MR) is 60.3 cm³/mol. The van der Waals surface area contributed by atoms with Gasteiger partial charge in [0.1, 0.15) is 0 Å². The van der Waals surface area contributed by atoms with E-state index in [1.54, 1.807) is 6.07 Å². The molecule has 0 bridgehead atoms. The molecule has 2 N–H and O–H groups in total. The van der Waals surface area contributed by atoms with Crippen molar-refractivity contribution in [1.29, 1.82) is 0 Å². The molecule has 0 saturated heterocycles. The van der Waals surface area contributed by atoms with Crippen molar-refractivity contribution in [3.63, 3.8) is 0 Å². The first kappa shape index (κ1) is 12.4. The van der Waals surface area contributed by atoms with Gasteiger partial charge in [-0.25, -0.2) is 0 Å². The van der Waals surface area contributed by atoms with Crippen LogP contribution in [0.1, 0.15) is 17.3 Å². The third kappa shape index (κ3) is 3.86. The second kappa shape index (κ2) is 6.07. The maximum absolute atomic E-state index is 11.6. The SMILES string of the molecule is CC(=O)NCCNC(=O)c1cnccc1Cl. The van der Waals surface area contributed by atoms with Crippen molar-refractivity contribution >= 4 is 23.4 Å². The van der Waals surface area contributed by atoms with Crippen molar-refractivity contribution in [1.82, 2.24) is 15.6 Å². The largest absolute Gasteiger partial charge is 0.355 e. The molecule has 0 saturated carbocycles. The average molecular weight is 242 g/mol. The Morgan fingerprint density at radius 2 is 2.06 bits per heavy atom. The number of carbonyl (C=O) groups excluding carboxylic acids is 2. The molecule has 1 aromatic rings. The van der Waals surface area contributed by atoms with Crippen LogP contribution >= 0.6 is 11.6 Å². The zero-order valence-electron chi connectivity index (χ0n) is 8.79. The van der Waals surface area contributed by atoms with Crippen molar-refractivity contribution in [2.45, 2.75) is 6.92 Å². The van der Waals surface area contributed by atoms with E-state index in [9.17, 15) is 9.59 Å². The van der Waals surface area contributed by atoms with Gasteiger partial charge in [0.15, 0.2) is 0 Å². The van der Waals surface area contributed by atoms with Crippen molar-refractivity contribution in [2.75, 3.05) is 13.1 Å². The summed E-state index contributed by atoms with van der Waals surface area (Å²) in [6.07, 6.45) is 2.91. The fourth-order valence-corrected chi connectivity index (χ4v) is 1.25. The van der Waals surface area contributed by atoms with Crippen molar-refractivity contribution < 1.29 is 9.59 Å². The topological polar surface area (TPSA) is 71.1 Å². The van der Waals surface area contributed by atoms with E-state index in [0.29, 0.717) is 23.7 Å². The number of hydrogen-bond acceptors (Lipinski definition) is 3. The molecule has 1 aromatic heterocycles. The highest BCUT2D eigenvalue weighted by Gasteiger charge is 2.08. The molecular formula is C10H12ClN3O2. The normalized spacial score (nSPS) is 9.62. The number of aromatic nitrogens is 1. The van der Waals surface area contributed by atoms with Gasteiger partial charge in [-0.05, 0) is 6.07 Å². The van der Waals surface area contributed by atoms with Crippen LogP contribution in [0, 0.1) is 0 Å². The molecule has 6 heteroatoms. The number of hydrogen-bond donors (Lipinski definition) is 2. The lowest BCUT2D eigenvalue weighted by Crippen LogP contribution is -2.33. The number of nitrogens with zero attached hydrogens (tertiary/aromatic N) is 1. The summed E-state index contributed by atoms with van der Waals surface area (Å²) in [6.45, 7) is 2.16. The van der Waals surface area contributed by atoms with Crippen molar-refractivity contribution in [3.05, 3.63) is 29.0 Å². The lowest BCUT2D eigenvalue weighted by molar-refractivity contribution is -0.118. The fourth-order valence-electron chi connectivity index (χ4n) is 1.05. The molecule has 1 heterocycles. The Balaban J connectivity index is 2.41. The van der Waals surface area contributed by atoms with Gasteiger partial charge in [0.2, 0.25) is 5.91 Å². The second-order valence-electron chi connectivity index (χ2n) is 3.09. The number of pyridine rings is 1. The smallest absolute Gasteiger partial charge is 0.254 e. The molecule has 86 valence electrons. The van der Waals surface area contributed by atoms with Gasteiger partial charge in [-0.3, -0.25) is 14.6 Å². The minimum atomic E-state index is -0.302. The molecule has 5 nitrogen and oxygen atoms in total. The molecular weight excluding hydrogens is 230 g/mol. The Bertz CT molecular complexity index is 395. The molecule has 1 rings (SSSR count). The van der Waals surface area contributed by atoms with E-state index < -0.39 is 0 Å². The van der Waals surface area contributed by atoms with Crippen LogP contribution in [0.25, 0.3) is 0 Å². The van der Waals surface area contributed by atoms with Crippen LogP contribution in [0.3, 0.4) is 0 Å². The molecule has 0 unspecified atom stereocenters. The van der Waals surface area contributed by atoms with Crippen LogP contribution in [0.2, 0.25) is 5.02 Å². The third-order valence-corrected chi connectivity index (χ3v) is 2.13. The van der Waals surface area contributed by atoms with E-state index >= 15 is 0 Å². The van der Waals surface area contributed by atoms with Gasteiger partial charge < -0.3 is 10.6 Å². The third-order valence-electron chi connectivity index (χ3n) is 1.80. The second-order valence-corrected chi connectivity index (χ2v) is 3.50. The highest BCUT2D eigenvalue weighted by Crippen LogP contribution is 2.12. The number of amides is 2. The van der Waals surface area contributed by atoms with Crippen molar-refractivity contribution in [3.8, 4) is 0 Å². The summed E-state index contributed by atoms with van der Waals surface area (Å²) in [6, 6.07) is 1.55. The molecule has 0 aliphatic heterocycles. The maximum Gasteiger partial charge on any atom is 0.254 e. The molecule has 0 radical (unpaired) electrons. The Hall–Kier alpha value is -1.62. The number of nitrogens with one attached hydrogen (secondary N) is 2. The van der Waals surface area contributed by atoms with Gasteiger partial charge in [-0.1, -0.05) is 11.6 Å². The fraction of sp³-hybridized carbons (Fsp3) is 0.300. The van der Waals surface area contributed by atoms with Gasteiger partial charge in [-0.2, -0.15) is 0 Å². The van der Waals surface area contributed by atoms with Crippen LogP contribution in [0.4, 0.5) is 0 Å². The zero-order chi connectivity index (χ0) is 12.0. The molecule has 16 heavy (non-hydrogen) atoms. The van der Waals surface area contributed by atoms with E-state index in [0.717, 1.165) is 0 Å². The average Bonchev–Trinajstić information content (AvgIpc) is 2.24. The highest BCUT2D eigenvalue weighted by molar-refractivity contribution is 6.33. The Labute approximate surface area is 98.2 Å². The summed E-state index contributed by atoms with van der Waals surface area (Å²) in [5, 5.41) is 5.54. The number of rotatable bonds is 4. The highest BCUT2D eigenvalue weighted by atomic mass is 35.5. The molecule has 0 aliphatic carbocycles. The Morgan fingerprint density at radius 1 is 1.38 bits per heavy atom. The first-order valence-corrected chi connectivity index (χ1v) is 5.11. The molecule has 0 spiro atoms.